The fourth-order valence-corrected chi connectivity index (χ4v) is 2.24. The fourth-order valence-electron chi connectivity index (χ4n) is 1.82. The van der Waals surface area contributed by atoms with Crippen molar-refractivity contribution in [2.45, 2.75) is 12.5 Å². The first-order chi connectivity index (χ1) is 9.77. The van der Waals surface area contributed by atoms with Crippen molar-refractivity contribution in [2.75, 3.05) is 47.1 Å². The van der Waals surface area contributed by atoms with Crippen LogP contribution in [0.15, 0.2) is 28.7 Å². The van der Waals surface area contributed by atoms with Crippen molar-refractivity contribution in [3.63, 3.8) is 0 Å². The lowest BCUT2D eigenvalue weighted by Crippen LogP contribution is -2.21. The lowest BCUT2D eigenvalue weighted by Gasteiger charge is -2.18. The van der Waals surface area contributed by atoms with E-state index in [1.807, 2.05) is 19.2 Å². The lowest BCUT2D eigenvalue weighted by molar-refractivity contribution is 0.00139. The zero-order valence-corrected chi connectivity index (χ0v) is 13.8. The molecule has 0 aliphatic heterocycles. The number of hydrogen-bond acceptors (Lipinski definition) is 4. The molecule has 114 valence electrons. The van der Waals surface area contributed by atoms with Gasteiger partial charge in [0.15, 0.2) is 0 Å². The Morgan fingerprint density at radius 1 is 1.20 bits per heavy atom. The van der Waals surface area contributed by atoms with Gasteiger partial charge in [-0.15, -0.1) is 0 Å². The van der Waals surface area contributed by atoms with Gasteiger partial charge in [-0.25, -0.2) is 0 Å². The number of ether oxygens (including phenoxy) is 3. The third kappa shape index (κ3) is 7.36. The molecule has 4 nitrogen and oxygen atoms in total. The second-order valence-electron chi connectivity index (χ2n) is 4.43. The van der Waals surface area contributed by atoms with Gasteiger partial charge >= 0.3 is 0 Å². The van der Waals surface area contributed by atoms with Crippen LogP contribution in [0.4, 0.5) is 0 Å². The molecule has 0 amide bonds. The Balaban J connectivity index is 2.29. The van der Waals surface area contributed by atoms with E-state index in [2.05, 4.69) is 33.4 Å². The first kappa shape index (κ1) is 17.6. The SMILES string of the molecule is CNCC(OCCOCCCOC)c1cccc(Br)c1. The average molecular weight is 346 g/mol. The summed E-state index contributed by atoms with van der Waals surface area (Å²) in [7, 11) is 3.62. The summed E-state index contributed by atoms with van der Waals surface area (Å²) in [6, 6.07) is 8.19. The maximum Gasteiger partial charge on any atom is 0.0950 e. The molecule has 1 aromatic rings. The molecule has 0 fully saturated rings. The summed E-state index contributed by atoms with van der Waals surface area (Å²) in [5, 5.41) is 3.16. The number of likely N-dealkylation sites (N-methyl/N-ethyl adjacent to an activating group) is 1. The van der Waals surface area contributed by atoms with Gasteiger partial charge in [-0.1, -0.05) is 28.1 Å². The van der Waals surface area contributed by atoms with Crippen LogP contribution in [0.1, 0.15) is 18.1 Å². The summed E-state index contributed by atoms with van der Waals surface area (Å²) >= 11 is 3.49. The molecule has 5 heteroatoms. The molecule has 0 aromatic heterocycles. The smallest absolute Gasteiger partial charge is 0.0950 e. The van der Waals surface area contributed by atoms with E-state index in [1.54, 1.807) is 7.11 Å². The molecule has 0 aliphatic rings. The van der Waals surface area contributed by atoms with Gasteiger partial charge < -0.3 is 19.5 Å². The number of halogens is 1. The molecule has 20 heavy (non-hydrogen) atoms. The molecule has 0 radical (unpaired) electrons. The highest BCUT2D eigenvalue weighted by Crippen LogP contribution is 2.20. The second-order valence-corrected chi connectivity index (χ2v) is 5.35. The molecule has 0 bridgehead atoms. The zero-order chi connectivity index (χ0) is 14.6. The van der Waals surface area contributed by atoms with Crippen molar-refractivity contribution >= 4 is 15.9 Å². The molecule has 0 heterocycles. The summed E-state index contributed by atoms with van der Waals surface area (Å²) < 4.78 is 17.4. The van der Waals surface area contributed by atoms with E-state index in [0.29, 0.717) is 19.8 Å². The van der Waals surface area contributed by atoms with Crippen LogP contribution in [0.25, 0.3) is 0 Å². The Hall–Kier alpha value is -0.460. The minimum absolute atomic E-state index is 0.0417. The van der Waals surface area contributed by atoms with Crippen molar-refractivity contribution in [1.29, 1.82) is 0 Å². The van der Waals surface area contributed by atoms with Crippen LogP contribution in [0.5, 0.6) is 0 Å². The molecule has 0 saturated heterocycles. The second kappa shape index (κ2) is 11.2. The number of rotatable bonds is 11. The molecule has 0 saturated carbocycles. The van der Waals surface area contributed by atoms with Crippen LogP contribution in [0.2, 0.25) is 0 Å². The Morgan fingerprint density at radius 3 is 2.75 bits per heavy atom. The minimum atomic E-state index is 0.0417. The van der Waals surface area contributed by atoms with Gasteiger partial charge in [0.05, 0.1) is 19.3 Å². The Labute approximate surface area is 129 Å². The highest BCUT2D eigenvalue weighted by Gasteiger charge is 2.11. The molecule has 1 rings (SSSR count). The monoisotopic (exact) mass is 345 g/mol. The summed E-state index contributed by atoms with van der Waals surface area (Å²) in [6.07, 6.45) is 0.960. The van der Waals surface area contributed by atoms with Gasteiger partial charge in [-0.3, -0.25) is 0 Å². The van der Waals surface area contributed by atoms with Crippen molar-refractivity contribution in [3.8, 4) is 0 Å². The largest absolute Gasteiger partial charge is 0.385 e. The van der Waals surface area contributed by atoms with Gasteiger partial charge in [0, 0.05) is 31.3 Å². The van der Waals surface area contributed by atoms with Crippen LogP contribution in [-0.2, 0) is 14.2 Å². The average Bonchev–Trinajstić information content (AvgIpc) is 2.45. The van der Waals surface area contributed by atoms with Crippen LogP contribution < -0.4 is 5.32 Å². The quantitative estimate of drug-likeness (QED) is 0.626. The number of hydrogen-bond donors (Lipinski definition) is 1. The molecule has 1 atom stereocenters. The molecule has 0 spiro atoms. The van der Waals surface area contributed by atoms with Crippen LogP contribution >= 0.6 is 15.9 Å². The van der Waals surface area contributed by atoms with Crippen molar-refractivity contribution < 1.29 is 14.2 Å². The fraction of sp³-hybridized carbons (Fsp3) is 0.600. The zero-order valence-electron chi connectivity index (χ0n) is 12.2. The predicted octanol–water partition coefficient (Wildman–Crippen LogP) is 2.78. The van der Waals surface area contributed by atoms with E-state index in [1.165, 1.54) is 0 Å². The molecular weight excluding hydrogens is 322 g/mol. The first-order valence-electron chi connectivity index (χ1n) is 6.86. The van der Waals surface area contributed by atoms with Crippen molar-refractivity contribution in [1.82, 2.24) is 5.32 Å². The molecule has 1 unspecified atom stereocenters. The van der Waals surface area contributed by atoms with Crippen molar-refractivity contribution in [3.05, 3.63) is 34.3 Å². The summed E-state index contributed by atoms with van der Waals surface area (Å²) in [4.78, 5) is 0. The third-order valence-corrected chi connectivity index (χ3v) is 3.29. The normalized spacial score (nSPS) is 12.6. The number of methoxy groups -OCH3 is 1. The van der Waals surface area contributed by atoms with E-state index in [9.17, 15) is 0 Å². The van der Waals surface area contributed by atoms with Gasteiger partial charge in [-0.2, -0.15) is 0 Å². The highest BCUT2D eigenvalue weighted by atomic mass is 79.9. The van der Waals surface area contributed by atoms with E-state index in [-0.39, 0.29) is 6.10 Å². The minimum Gasteiger partial charge on any atom is -0.385 e. The van der Waals surface area contributed by atoms with Crippen LogP contribution in [0.3, 0.4) is 0 Å². The lowest BCUT2D eigenvalue weighted by atomic mass is 10.1. The highest BCUT2D eigenvalue weighted by molar-refractivity contribution is 9.10. The van der Waals surface area contributed by atoms with Crippen LogP contribution in [-0.4, -0.2) is 47.1 Å². The molecule has 0 aliphatic carbocycles. The van der Waals surface area contributed by atoms with E-state index in [0.717, 1.165) is 29.6 Å². The maximum absolute atomic E-state index is 5.89. The van der Waals surface area contributed by atoms with Crippen molar-refractivity contribution in [2.24, 2.45) is 0 Å². The molecule has 1 N–H and O–H groups in total. The van der Waals surface area contributed by atoms with Gasteiger partial charge in [0.25, 0.3) is 0 Å². The molecular formula is C15H24BrNO3. The summed E-state index contributed by atoms with van der Waals surface area (Å²) in [6.45, 7) is 3.43. The van der Waals surface area contributed by atoms with E-state index < -0.39 is 0 Å². The van der Waals surface area contributed by atoms with Gasteiger partial charge in [-0.05, 0) is 31.2 Å². The Bertz CT molecular complexity index is 363. The van der Waals surface area contributed by atoms with Gasteiger partial charge in [0.2, 0.25) is 0 Å². The third-order valence-electron chi connectivity index (χ3n) is 2.79. The summed E-state index contributed by atoms with van der Waals surface area (Å²) in [5.74, 6) is 0. The topological polar surface area (TPSA) is 39.7 Å². The number of nitrogens with one attached hydrogen (secondary N) is 1. The van der Waals surface area contributed by atoms with Crippen LogP contribution in [0, 0.1) is 0 Å². The maximum atomic E-state index is 5.89. The van der Waals surface area contributed by atoms with Gasteiger partial charge in [0.1, 0.15) is 0 Å². The van der Waals surface area contributed by atoms with E-state index >= 15 is 0 Å². The Morgan fingerprint density at radius 2 is 2.05 bits per heavy atom. The standard InChI is InChI=1S/C15H24BrNO3/c1-17-12-15(13-5-3-6-14(16)11-13)20-10-9-19-8-4-7-18-2/h3,5-6,11,15,17H,4,7-10,12H2,1-2H3. The predicted molar refractivity (Wildman–Crippen MR) is 84.1 cm³/mol. The van der Waals surface area contributed by atoms with E-state index in [4.69, 9.17) is 14.2 Å². The summed E-state index contributed by atoms with van der Waals surface area (Å²) in [5.41, 5.74) is 1.16. The first-order valence-corrected chi connectivity index (χ1v) is 7.65. The number of benzene rings is 1. The Kier molecular flexibility index (Phi) is 9.87. The molecule has 1 aromatic carbocycles.